The van der Waals surface area contributed by atoms with Crippen molar-refractivity contribution in [2.45, 2.75) is 40.0 Å². The van der Waals surface area contributed by atoms with Gasteiger partial charge in [0.2, 0.25) is 5.91 Å². The van der Waals surface area contributed by atoms with Gasteiger partial charge in [-0.25, -0.2) is 0 Å². The van der Waals surface area contributed by atoms with Crippen molar-refractivity contribution >= 4 is 5.91 Å². The fraction of sp³-hybridized carbons (Fsp3) is 0.917. The first kappa shape index (κ1) is 12.5. The Morgan fingerprint density at radius 1 is 1.40 bits per heavy atom. The Morgan fingerprint density at radius 3 is 2.60 bits per heavy atom. The van der Waals surface area contributed by atoms with Gasteiger partial charge in [0.15, 0.2) is 0 Å². The third kappa shape index (κ3) is 5.78. The molecule has 1 aliphatic carbocycles. The molecule has 1 saturated carbocycles. The van der Waals surface area contributed by atoms with E-state index in [9.17, 15) is 4.79 Å². The van der Waals surface area contributed by atoms with Gasteiger partial charge in [-0.3, -0.25) is 4.79 Å². The van der Waals surface area contributed by atoms with Gasteiger partial charge in [-0.2, -0.15) is 0 Å². The highest BCUT2D eigenvalue weighted by Crippen LogP contribution is 2.43. The van der Waals surface area contributed by atoms with E-state index in [1.807, 2.05) is 0 Å². The summed E-state index contributed by atoms with van der Waals surface area (Å²) in [6, 6.07) is 0. The lowest BCUT2D eigenvalue weighted by Crippen LogP contribution is -2.36. The van der Waals surface area contributed by atoms with Crippen LogP contribution in [0.2, 0.25) is 0 Å². The molecule has 0 saturated heterocycles. The molecule has 3 nitrogen and oxygen atoms in total. The second-order valence-electron chi connectivity index (χ2n) is 5.45. The third-order valence-electron chi connectivity index (χ3n) is 2.98. The molecule has 0 aliphatic heterocycles. The molecule has 0 radical (unpaired) electrons. The number of carbonyl (C=O) groups excluding carboxylic acids is 1. The Balaban J connectivity index is 1.94. The zero-order valence-electron chi connectivity index (χ0n) is 10.2. The molecule has 0 heterocycles. The molecule has 1 aliphatic rings. The van der Waals surface area contributed by atoms with Gasteiger partial charge in [0.25, 0.3) is 0 Å². The fourth-order valence-corrected chi connectivity index (χ4v) is 1.43. The summed E-state index contributed by atoms with van der Waals surface area (Å²) in [5, 5.41) is 6.13. The normalized spacial score (nSPS) is 17.9. The van der Waals surface area contributed by atoms with Crippen molar-refractivity contribution in [2.75, 3.05) is 19.6 Å². The van der Waals surface area contributed by atoms with Crippen LogP contribution in [0.3, 0.4) is 0 Å². The van der Waals surface area contributed by atoms with Crippen LogP contribution in [-0.2, 0) is 4.79 Å². The van der Waals surface area contributed by atoms with Gasteiger partial charge >= 0.3 is 0 Å². The molecule has 1 fully saturated rings. The molecular weight excluding hydrogens is 188 g/mol. The number of nitrogens with one attached hydrogen (secondary N) is 2. The Hall–Kier alpha value is -0.570. The van der Waals surface area contributed by atoms with Crippen LogP contribution in [0.15, 0.2) is 0 Å². The summed E-state index contributed by atoms with van der Waals surface area (Å²) in [6.07, 6.45) is 3.66. The number of hydrogen-bond donors (Lipinski definition) is 2. The van der Waals surface area contributed by atoms with Crippen LogP contribution in [-0.4, -0.2) is 25.5 Å². The quantitative estimate of drug-likeness (QED) is 0.672. The molecule has 0 atom stereocenters. The van der Waals surface area contributed by atoms with Crippen molar-refractivity contribution in [3.8, 4) is 0 Å². The van der Waals surface area contributed by atoms with Gasteiger partial charge in [-0.1, -0.05) is 20.8 Å². The summed E-state index contributed by atoms with van der Waals surface area (Å²) in [4.78, 5) is 11.4. The minimum absolute atomic E-state index is 0.125. The first-order valence-electron chi connectivity index (χ1n) is 5.99. The number of rotatable bonds is 7. The lowest BCUT2D eigenvalue weighted by Gasteiger charge is -2.10. The first-order valence-corrected chi connectivity index (χ1v) is 5.99. The minimum atomic E-state index is 0.125. The molecule has 0 bridgehead atoms. The average Bonchev–Trinajstić information content (AvgIpc) is 2.83. The Bertz CT molecular complexity index is 210. The van der Waals surface area contributed by atoms with Crippen molar-refractivity contribution in [3.63, 3.8) is 0 Å². The van der Waals surface area contributed by atoms with E-state index in [0.717, 1.165) is 19.5 Å². The first-order chi connectivity index (χ1) is 7.02. The van der Waals surface area contributed by atoms with Crippen LogP contribution < -0.4 is 10.6 Å². The maximum absolute atomic E-state index is 11.4. The largest absolute Gasteiger partial charge is 0.355 e. The molecule has 15 heavy (non-hydrogen) atoms. The lowest BCUT2D eigenvalue weighted by molar-refractivity contribution is -0.120. The summed E-state index contributed by atoms with van der Waals surface area (Å²) in [5.41, 5.74) is 0.484. The van der Waals surface area contributed by atoms with E-state index in [2.05, 4.69) is 31.4 Å². The molecule has 2 N–H and O–H groups in total. The van der Waals surface area contributed by atoms with Crippen molar-refractivity contribution < 1.29 is 4.79 Å². The zero-order valence-corrected chi connectivity index (χ0v) is 10.2. The fourth-order valence-electron chi connectivity index (χ4n) is 1.43. The van der Waals surface area contributed by atoms with Gasteiger partial charge in [-0.15, -0.1) is 0 Å². The van der Waals surface area contributed by atoms with Crippen molar-refractivity contribution in [1.82, 2.24) is 10.6 Å². The van der Waals surface area contributed by atoms with E-state index < -0.39 is 0 Å². The monoisotopic (exact) mass is 212 g/mol. The highest BCUT2D eigenvalue weighted by molar-refractivity contribution is 5.77. The standard InChI is InChI=1S/C12H24N2O/c1-10(2)4-7-14-11(15)8-13-9-12(3)5-6-12/h10,13H,4-9H2,1-3H3,(H,14,15). The van der Waals surface area contributed by atoms with Gasteiger partial charge < -0.3 is 10.6 Å². The molecular formula is C12H24N2O. The minimum Gasteiger partial charge on any atom is -0.355 e. The second-order valence-corrected chi connectivity index (χ2v) is 5.45. The van der Waals surface area contributed by atoms with E-state index in [0.29, 0.717) is 17.9 Å². The molecule has 1 amide bonds. The Kier molecular flexibility index (Phi) is 4.58. The maximum Gasteiger partial charge on any atom is 0.233 e. The van der Waals surface area contributed by atoms with Crippen molar-refractivity contribution in [2.24, 2.45) is 11.3 Å². The predicted molar refractivity (Wildman–Crippen MR) is 62.7 cm³/mol. The summed E-state index contributed by atoms with van der Waals surface area (Å²) in [5.74, 6) is 0.781. The molecule has 0 aromatic rings. The molecule has 0 spiro atoms. The molecule has 0 aromatic heterocycles. The maximum atomic E-state index is 11.4. The zero-order chi connectivity index (χ0) is 11.3. The Morgan fingerprint density at radius 2 is 2.07 bits per heavy atom. The lowest BCUT2D eigenvalue weighted by atomic mass is 10.1. The van der Waals surface area contributed by atoms with Gasteiger partial charge in [0, 0.05) is 13.1 Å². The summed E-state index contributed by atoms with van der Waals surface area (Å²) < 4.78 is 0. The van der Waals surface area contributed by atoms with E-state index in [4.69, 9.17) is 0 Å². The van der Waals surface area contributed by atoms with Crippen molar-refractivity contribution in [3.05, 3.63) is 0 Å². The van der Waals surface area contributed by atoms with E-state index in [1.54, 1.807) is 0 Å². The molecule has 3 heteroatoms. The van der Waals surface area contributed by atoms with Crippen LogP contribution in [0.5, 0.6) is 0 Å². The molecule has 0 aromatic carbocycles. The van der Waals surface area contributed by atoms with Crippen LogP contribution in [0.1, 0.15) is 40.0 Å². The Labute approximate surface area is 93.0 Å². The molecule has 88 valence electrons. The molecule has 1 rings (SSSR count). The van der Waals surface area contributed by atoms with Gasteiger partial charge in [0.05, 0.1) is 6.54 Å². The third-order valence-corrected chi connectivity index (χ3v) is 2.98. The van der Waals surface area contributed by atoms with E-state index >= 15 is 0 Å². The van der Waals surface area contributed by atoms with E-state index in [-0.39, 0.29) is 5.91 Å². The number of hydrogen-bond acceptors (Lipinski definition) is 2. The van der Waals surface area contributed by atoms with Crippen LogP contribution in [0.25, 0.3) is 0 Å². The molecule has 0 unspecified atom stereocenters. The number of amides is 1. The second kappa shape index (κ2) is 5.50. The predicted octanol–water partition coefficient (Wildman–Crippen LogP) is 1.54. The summed E-state index contributed by atoms with van der Waals surface area (Å²) in [7, 11) is 0. The van der Waals surface area contributed by atoms with E-state index in [1.165, 1.54) is 12.8 Å². The summed E-state index contributed by atoms with van der Waals surface area (Å²) in [6.45, 7) is 8.83. The average molecular weight is 212 g/mol. The topological polar surface area (TPSA) is 41.1 Å². The smallest absolute Gasteiger partial charge is 0.233 e. The van der Waals surface area contributed by atoms with Crippen LogP contribution in [0.4, 0.5) is 0 Å². The van der Waals surface area contributed by atoms with Crippen LogP contribution >= 0.6 is 0 Å². The summed E-state index contributed by atoms with van der Waals surface area (Å²) >= 11 is 0. The number of carbonyl (C=O) groups is 1. The van der Waals surface area contributed by atoms with Crippen LogP contribution in [0, 0.1) is 11.3 Å². The van der Waals surface area contributed by atoms with Gasteiger partial charge in [0.1, 0.15) is 0 Å². The van der Waals surface area contributed by atoms with Crippen molar-refractivity contribution in [1.29, 1.82) is 0 Å². The SMILES string of the molecule is CC(C)CCNC(=O)CNCC1(C)CC1. The van der Waals surface area contributed by atoms with Gasteiger partial charge in [-0.05, 0) is 30.6 Å². The highest BCUT2D eigenvalue weighted by Gasteiger charge is 2.36. The highest BCUT2D eigenvalue weighted by atomic mass is 16.1.